The summed E-state index contributed by atoms with van der Waals surface area (Å²) in [6, 6.07) is 0. The molecule has 4 heavy (non-hydrogen) atoms. The van der Waals surface area contributed by atoms with E-state index in [1.165, 1.54) is 0 Å². The molecule has 0 rings (SSSR count). The van der Waals surface area contributed by atoms with Gasteiger partial charge in [-0.1, -0.05) is 0 Å². The molecule has 0 spiro atoms. The van der Waals surface area contributed by atoms with E-state index in [0.717, 1.165) is 13.9 Å². The summed E-state index contributed by atoms with van der Waals surface area (Å²) < 4.78 is 0. The Hall–Kier alpha value is 1.90. The van der Waals surface area contributed by atoms with E-state index in [1.807, 2.05) is 0 Å². The van der Waals surface area contributed by atoms with Crippen LogP contribution in [0, 0.1) is 0 Å². The zero-order chi connectivity index (χ0) is 3.41. The molecule has 0 bridgehead atoms. The molecule has 0 aromatic carbocycles. The standard InChI is InChI=1S/2Fe.H2P2/c;;1-2/h;;1-2H/q2*+1;-2. The van der Waals surface area contributed by atoms with Crippen LogP contribution in [0.4, 0.5) is 0 Å². The Kier molecular flexibility index (Phi) is 7.22. The van der Waals surface area contributed by atoms with Crippen LogP contribution in [-0.2, 0) is 31.1 Å². The summed E-state index contributed by atoms with van der Waals surface area (Å²) in [5, 5.41) is 0. The fourth-order valence-corrected chi connectivity index (χ4v) is 0. The van der Waals surface area contributed by atoms with Gasteiger partial charge < -0.3 is 0 Å². The van der Waals surface area contributed by atoms with E-state index in [0.29, 0.717) is 0 Å². The minimum atomic E-state index is 0.807. The van der Waals surface area contributed by atoms with Gasteiger partial charge in [0, 0.05) is 0 Å². The molecule has 0 aromatic rings. The summed E-state index contributed by atoms with van der Waals surface area (Å²) in [7, 11) is 0. The summed E-state index contributed by atoms with van der Waals surface area (Å²) in [6.07, 6.45) is 0. The van der Waals surface area contributed by atoms with Crippen molar-refractivity contribution in [2.75, 3.05) is 0 Å². The molecule has 0 aliphatic rings. The molecule has 0 saturated heterocycles. The predicted octanol–water partition coefficient (Wildman–Crippen LogP) is 1.18. The van der Waals surface area contributed by atoms with Crippen LogP contribution in [0.3, 0.4) is 0 Å². The maximum absolute atomic E-state index is 3.58. The fraction of sp³-hybridized carbons (Fsp3) is 0. The Morgan fingerprint density at radius 2 is 1.25 bits per heavy atom. The molecule has 0 N–H and O–H groups in total. The molecule has 0 heterocycles. The van der Waals surface area contributed by atoms with E-state index < -0.39 is 0 Å². The topological polar surface area (TPSA) is 0 Å². The Morgan fingerprint density at radius 3 is 1.25 bits per heavy atom. The van der Waals surface area contributed by atoms with Crippen molar-refractivity contribution in [1.29, 1.82) is 0 Å². The summed E-state index contributed by atoms with van der Waals surface area (Å²) in [5.74, 6) is 0. The molecular formula is H2Fe2P2. The molecule has 0 fully saturated rings. The monoisotopic (exact) mass is 176 g/mol. The second-order valence-corrected chi connectivity index (χ2v) is 6.56. The van der Waals surface area contributed by atoms with Crippen molar-refractivity contribution in [3.63, 3.8) is 0 Å². The van der Waals surface area contributed by atoms with Crippen LogP contribution in [0.15, 0.2) is 0 Å². The molecule has 0 aromatic heterocycles. The Bertz CT molecular complexity index is 6.00. The molecule has 0 amide bonds. The average Bonchev–Trinajstić information content (AvgIpc) is 1.37. The van der Waals surface area contributed by atoms with Gasteiger partial charge in [-0.15, -0.1) is 0 Å². The van der Waals surface area contributed by atoms with Gasteiger partial charge in [-0.05, 0) is 0 Å². The first-order valence-corrected chi connectivity index (χ1v) is 6.62. The van der Waals surface area contributed by atoms with Crippen molar-refractivity contribution in [2.24, 2.45) is 0 Å². The third-order valence-electron chi connectivity index (χ3n) is 0.0312. The second-order valence-electron chi connectivity index (χ2n) is 0.177. The zero-order valence-electron chi connectivity index (χ0n) is 1.71. The molecule has 2 unspecified atom stereocenters. The van der Waals surface area contributed by atoms with Crippen molar-refractivity contribution in [3.05, 3.63) is 0 Å². The second kappa shape index (κ2) is 4.90. The molecule has 28 valence electrons. The van der Waals surface area contributed by atoms with Gasteiger partial charge in [0.05, 0.1) is 0 Å². The van der Waals surface area contributed by atoms with Crippen LogP contribution >= 0.6 is 13.9 Å². The summed E-state index contributed by atoms with van der Waals surface area (Å²) in [5.41, 5.74) is 0. The van der Waals surface area contributed by atoms with Crippen LogP contribution in [0.5, 0.6) is 0 Å². The number of hydrogen-bond acceptors (Lipinski definition) is 0. The molecule has 0 radical (unpaired) electrons. The van der Waals surface area contributed by atoms with Crippen LogP contribution in [0.2, 0.25) is 0 Å². The van der Waals surface area contributed by atoms with Crippen LogP contribution < -0.4 is 0 Å². The van der Waals surface area contributed by atoms with Crippen LogP contribution in [-0.4, -0.2) is 0 Å². The quantitative estimate of drug-likeness (QED) is 0.415. The Balaban J connectivity index is 1.97. The molecule has 0 aliphatic carbocycles. The minimum absolute atomic E-state index is 0.807. The van der Waals surface area contributed by atoms with Crippen molar-refractivity contribution in [2.45, 2.75) is 0 Å². The summed E-state index contributed by atoms with van der Waals surface area (Å²) in [6.45, 7) is 1.61. The van der Waals surface area contributed by atoms with Crippen molar-refractivity contribution in [1.82, 2.24) is 0 Å². The predicted molar refractivity (Wildman–Crippen MR) is 16.6 cm³/mol. The van der Waals surface area contributed by atoms with E-state index in [2.05, 4.69) is 31.1 Å². The number of rotatable bonds is 1. The van der Waals surface area contributed by atoms with Gasteiger partial charge >= 0.3 is 45.1 Å². The molecular weight excluding hydrogens is 174 g/mol. The third kappa shape index (κ3) is 3.90. The zero-order valence-corrected chi connectivity index (χ0v) is 5.92. The van der Waals surface area contributed by atoms with Gasteiger partial charge in [0.2, 0.25) is 0 Å². The first-order valence-electron chi connectivity index (χ1n) is 0.604. The summed E-state index contributed by atoms with van der Waals surface area (Å²) >= 11 is 7.16. The van der Waals surface area contributed by atoms with Gasteiger partial charge in [0.25, 0.3) is 0 Å². The van der Waals surface area contributed by atoms with Crippen LogP contribution in [0.25, 0.3) is 0 Å². The van der Waals surface area contributed by atoms with E-state index in [1.54, 1.807) is 0 Å². The van der Waals surface area contributed by atoms with Crippen LogP contribution in [0.1, 0.15) is 0 Å². The maximum atomic E-state index is 3.58. The van der Waals surface area contributed by atoms with E-state index in [4.69, 9.17) is 0 Å². The van der Waals surface area contributed by atoms with Gasteiger partial charge in [0.1, 0.15) is 0 Å². The average molecular weight is 176 g/mol. The van der Waals surface area contributed by atoms with E-state index >= 15 is 0 Å². The first-order chi connectivity index (χ1) is 1.91. The van der Waals surface area contributed by atoms with Gasteiger partial charge in [-0.2, -0.15) is 0 Å². The van der Waals surface area contributed by atoms with Gasteiger partial charge in [-0.3, -0.25) is 0 Å². The fourth-order valence-electron chi connectivity index (χ4n) is 0. The third-order valence-corrected chi connectivity index (χ3v) is 4.78. The Morgan fingerprint density at radius 1 is 1.00 bits per heavy atom. The molecule has 4 heteroatoms. The molecule has 2 atom stereocenters. The normalized spacial score (nSPS) is 13.5. The van der Waals surface area contributed by atoms with Crippen molar-refractivity contribution < 1.29 is 31.1 Å². The van der Waals surface area contributed by atoms with E-state index in [9.17, 15) is 0 Å². The van der Waals surface area contributed by atoms with Crippen molar-refractivity contribution >= 4 is 13.9 Å². The Labute approximate surface area is 45.2 Å². The molecule has 0 nitrogen and oxygen atoms in total. The van der Waals surface area contributed by atoms with Gasteiger partial charge in [-0.25, -0.2) is 0 Å². The van der Waals surface area contributed by atoms with Gasteiger partial charge in [0.15, 0.2) is 0 Å². The van der Waals surface area contributed by atoms with Crippen molar-refractivity contribution in [3.8, 4) is 0 Å². The molecule has 0 saturated carbocycles. The summed E-state index contributed by atoms with van der Waals surface area (Å²) in [4.78, 5) is 0. The molecule has 0 aliphatic heterocycles. The number of hydrogen-bond donors (Lipinski definition) is 0. The van der Waals surface area contributed by atoms with E-state index in [-0.39, 0.29) is 0 Å². The SMILES string of the molecule is [Fe][PH][PH][Fe]. The first kappa shape index (κ1) is 5.90.